The van der Waals surface area contributed by atoms with Gasteiger partial charge >= 0.3 is 11.9 Å². The van der Waals surface area contributed by atoms with Crippen LogP contribution in [0.2, 0.25) is 0 Å². The van der Waals surface area contributed by atoms with Crippen molar-refractivity contribution in [2.75, 3.05) is 33.9 Å². The maximum atomic E-state index is 12.5. The number of hydrogen-bond acceptors (Lipinski definition) is 6. The van der Waals surface area contributed by atoms with Gasteiger partial charge in [-0.1, -0.05) is 128 Å². The van der Waals surface area contributed by atoms with E-state index in [1.807, 2.05) is 31.1 Å². The number of allylic oxidation sites excluding steroid dienone is 2. The highest BCUT2D eigenvalue weighted by molar-refractivity contribution is 5.76. The van der Waals surface area contributed by atoms with Crippen LogP contribution in [0.5, 0.6) is 0 Å². The standard InChI is InChI=1S/C40H74N2O5/c1-5-7-9-11-13-21-27-35-46-39(44)31-25-19-15-17-23-29-37(41-38(43)33-34-42(3)4)30-24-18-16-20-26-32-40(45)47-36-28-22-14-12-10-8-6-2/h21-22,27-28,37H,5-20,23-26,29-36H2,1-4H3,(H,41,43). The predicted molar refractivity (Wildman–Crippen MR) is 197 cm³/mol. The van der Waals surface area contributed by atoms with Crippen LogP contribution in [0.1, 0.15) is 174 Å². The fraction of sp³-hybridized carbons (Fsp3) is 0.825. The lowest BCUT2D eigenvalue weighted by Gasteiger charge is -2.20. The highest BCUT2D eigenvalue weighted by atomic mass is 16.5. The lowest BCUT2D eigenvalue weighted by atomic mass is 9.99. The number of carbonyl (C=O) groups excluding carboxylic acids is 3. The van der Waals surface area contributed by atoms with Crippen LogP contribution in [0.15, 0.2) is 24.3 Å². The number of hydrogen-bond donors (Lipinski definition) is 1. The quantitative estimate of drug-likeness (QED) is 0.0419. The lowest BCUT2D eigenvalue weighted by molar-refractivity contribution is -0.143. The molecule has 0 aliphatic heterocycles. The highest BCUT2D eigenvalue weighted by Gasteiger charge is 2.13. The van der Waals surface area contributed by atoms with Crippen molar-refractivity contribution in [1.29, 1.82) is 0 Å². The van der Waals surface area contributed by atoms with Crippen LogP contribution in [-0.2, 0) is 23.9 Å². The van der Waals surface area contributed by atoms with Crippen LogP contribution in [-0.4, -0.2) is 62.6 Å². The first-order valence-corrected chi connectivity index (χ1v) is 19.4. The second-order valence-electron chi connectivity index (χ2n) is 13.4. The average molecular weight is 663 g/mol. The van der Waals surface area contributed by atoms with Crippen molar-refractivity contribution in [3.63, 3.8) is 0 Å². The Kier molecular flexibility index (Phi) is 33.6. The lowest BCUT2D eigenvalue weighted by Crippen LogP contribution is -2.36. The Balaban J connectivity index is 4.06. The van der Waals surface area contributed by atoms with E-state index in [0.29, 0.717) is 32.5 Å². The van der Waals surface area contributed by atoms with Gasteiger partial charge in [-0.15, -0.1) is 0 Å². The van der Waals surface area contributed by atoms with Crippen LogP contribution < -0.4 is 5.32 Å². The van der Waals surface area contributed by atoms with Crippen molar-refractivity contribution in [3.8, 4) is 0 Å². The first-order valence-electron chi connectivity index (χ1n) is 19.4. The van der Waals surface area contributed by atoms with Crippen LogP contribution in [0, 0.1) is 0 Å². The summed E-state index contributed by atoms with van der Waals surface area (Å²) < 4.78 is 10.6. The molecule has 0 aromatic carbocycles. The maximum absolute atomic E-state index is 12.5. The molecule has 0 aliphatic rings. The Bertz CT molecular complexity index is 743. The molecule has 0 fully saturated rings. The third-order valence-corrected chi connectivity index (χ3v) is 8.48. The molecule has 274 valence electrons. The van der Waals surface area contributed by atoms with E-state index in [2.05, 4.69) is 31.3 Å². The number of nitrogens with one attached hydrogen (secondary N) is 1. The van der Waals surface area contributed by atoms with Gasteiger partial charge in [0.05, 0.1) is 0 Å². The zero-order valence-electron chi connectivity index (χ0n) is 31.2. The van der Waals surface area contributed by atoms with Gasteiger partial charge in [-0.05, 0) is 65.5 Å². The monoisotopic (exact) mass is 663 g/mol. The molecule has 0 aliphatic carbocycles. The van der Waals surface area contributed by atoms with E-state index < -0.39 is 0 Å². The first-order chi connectivity index (χ1) is 22.9. The zero-order valence-corrected chi connectivity index (χ0v) is 31.2. The molecule has 0 saturated carbocycles. The van der Waals surface area contributed by atoms with Gasteiger partial charge in [-0.25, -0.2) is 0 Å². The van der Waals surface area contributed by atoms with Crippen molar-refractivity contribution in [2.24, 2.45) is 0 Å². The van der Waals surface area contributed by atoms with E-state index >= 15 is 0 Å². The Hall–Kier alpha value is -2.15. The topological polar surface area (TPSA) is 84.9 Å². The minimum Gasteiger partial charge on any atom is -0.461 e. The van der Waals surface area contributed by atoms with E-state index in [9.17, 15) is 14.4 Å². The number of rotatable bonds is 34. The summed E-state index contributed by atoms with van der Waals surface area (Å²) in [4.78, 5) is 38.5. The van der Waals surface area contributed by atoms with Gasteiger partial charge in [0.2, 0.25) is 5.91 Å². The molecule has 0 aromatic rings. The maximum Gasteiger partial charge on any atom is 0.306 e. The molecule has 7 nitrogen and oxygen atoms in total. The number of esters is 2. The van der Waals surface area contributed by atoms with Crippen molar-refractivity contribution < 1.29 is 23.9 Å². The smallest absolute Gasteiger partial charge is 0.306 e. The van der Waals surface area contributed by atoms with Crippen LogP contribution in [0.25, 0.3) is 0 Å². The summed E-state index contributed by atoms with van der Waals surface area (Å²) >= 11 is 0. The normalized spacial score (nSPS) is 12.3. The Morgan fingerprint density at radius 2 is 0.979 bits per heavy atom. The molecule has 0 atom stereocenters. The van der Waals surface area contributed by atoms with Gasteiger partial charge in [-0.2, -0.15) is 0 Å². The fourth-order valence-corrected chi connectivity index (χ4v) is 5.47. The van der Waals surface area contributed by atoms with E-state index in [1.165, 1.54) is 51.4 Å². The molecule has 0 unspecified atom stereocenters. The van der Waals surface area contributed by atoms with E-state index in [-0.39, 0.29) is 23.9 Å². The molecule has 0 bridgehead atoms. The van der Waals surface area contributed by atoms with Crippen molar-refractivity contribution in [3.05, 3.63) is 24.3 Å². The van der Waals surface area contributed by atoms with Crippen molar-refractivity contribution in [1.82, 2.24) is 10.2 Å². The Morgan fingerprint density at radius 1 is 0.553 bits per heavy atom. The largest absolute Gasteiger partial charge is 0.461 e. The minimum atomic E-state index is -0.0997. The summed E-state index contributed by atoms with van der Waals surface area (Å²) in [6.07, 6.45) is 34.3. The summed E-state index contributed by atoms with van der Waals surface area (Å²) in [5.41, 5.74) is 0. The molecule has 7 heteroatoms. The van der Waals surface area contributed by atoms with Gasteiger partial charge in [0.25, 0.3) is 0 Å². The molecule has 1 amide bonds. The summed E-state index contributed by atoms with van der Waals surface area (Å²) in [5.74, 6) is -0.0620. The molecule has 0 saturated heterocycles. The van der Waals surface area contributed by atoms with Crippen LogP contribution >= 0.6 is 0 Å². The summed E-state index contributed by atoms with van der Waals surface area (Å²) in [7, 11) is 3.98. The van der Waals surface area contributed by atoms with Gasteiger partial charge < -0.3 is 19.7 Å². The van der Waals surface area contributed by atoms with Crippen LogP contribution in [0.4, 0.5) is 0 Å². The summed E-state index contributed by atoms with van der Waals surface area (Å²) in [6.45, 7) is 5.97. The van der Waals surface area contributed by atoms with Crippen molar-refractivity contribution >= 4 is 17.8 Å². The van der Waals surface area contributed by atoms with E-state index in [4.69, 9.17) is 9.47 Å². The molecule has 0 heterocycles. The number of ether oxygens (including phenoxy) is 2. The molecule has 0 rings (SSSR count). The minimum absolute atomic E-state index is 0.0997. The first kappa shape index (κ1) is 44.9. The van der Waals surface area contributed by atoms with E-state index in [1.54, 1.807) is 0 Å². The third-order valence-electron chi connectivity index (χ3n) is 8.48. The molecule has 0 aromatic heterocycles. The zero-order chi connectivity index (χ0) is 34.6. The molecule has 0 radical (unpaired) electrons. The summed E-state index contributed by atoms with van der Waals surface area (Å²) in [5, 5.41) is 3.29. The van der Waals surface area contributed by atoms with Gasteiger partial charge in [0.1, 0.15) is 13.2 Å². The molecule has 47 heavy (non-hydrogen) atoms. The van der Waals surface area contributed by atoms with Gasteiger partial charge in [-0.3, -0.25) is 14.4 Å². The van der Waals surface area contributed by atoms with Gasteiger partial charge in [0.15, 0.2) is 0 Å². The SMILES string of the molecule is CCCCCCC=CCOC(=O)CCCCCCCC(CCCCCCCC(=O)OCC=CCCCCCC)NC(=O)CCN(C)C. The predicted octanol–water partition coefficient (Wildman–Crippen LogP) is 10.0. The third kappa shape index (κ3) is 35.0. The second-order valence-corrected chi connectivity index (χ2v) is 13.4. The number of carbonyl (C=O) groups is 3. The van der Waals surface area contributed by atoms with Gasteiger partial charge in [0, 0.05) is 31.8 Å². The summed E-state index contributed by atoms with van der Waals surface area (Å²) in [6, 6.07) is 0.217. The van der Waals surface area contributed by atoms with Crippen LogP contribution in [0.3, 0.4) is 0 Å². The molecular formula is C40H74N2O5. The van der Waals surface area contributed by atoms with E-state index in [0.717, 1.165) is 96.4 Å². The Labute approximate surface area is 290 Å². The number of nitrogens with zero attached hydrogens (tertiary/aromatic N) is 1. The van der Waals surface area contributed by atoms with Crippen molar-refractivity contribution in [2.45, 2.75) is 180 Å². The average Bonchev–Trinajstić information content (AvgIpc) is 3.05. The number of amides is 1. The second kappa shape index (κ2) is 35.2. The number of unbranched alkanes of at least 4 members (excludes halogenated alkanes) is 16. The highest BCUT2D eigenvalue weighted by Crippen LogP contribution is 2.15. The molecule has 0 spiro atoms. The fourth-order valence-electron chi connectivity index (χ4n) is 5.47. The molecular weight excluding hydrogens is 588 g/mol. The molecule has 1 N–H and O–H groups in total. The Morgan fingerprint density at radius 3 is 1.43 bits per heavy atom.